The molecule has 0 aliphatic heterocycles. The summed E-state index contributed by atoms with van der Waals surface area (Å²) in [5, 5.41) is 6.57. The van der Waals surface area contributed by atoms with Gasteiger partial charge >= 0.3 is 0 Å². The maximum atomic E-state index is 13.0. The summed E-state index contributed by atoms with van der Waals surface area (Å²) < 4.78 is 18.5. The number of oxazole rings is 1. The van der Waals surface area contributed by atoms with Crippen LogP contribution in [0.15, 0.2) is 39.9 Å². The number of halogens is 1. The maximum absolute atomic E-state index is 13.0. The van der Waals surface area contributed by atoms with Crippen molar-refractivity contribution in [1.82, 2.24) is 15.6 Å². The molecule has 1 aromatic carbocycles. The number of thioether (sulfide) groups is 1. The number of aromatic nitrogens is 1. The lowest BCUT2D eigenvalue weighted by Gasteiger charge is -2.10. The molecule has 2 N–H and O–H groups in total. The second-order valence-electron chi connectivity index (χ2n) is 5.79. The van der Waals surface area contributed by atoms with E-state index in [4.69, 9.17) is 4.42 Å². The Morgan fingerprint density at radius 1 is 1.23 bits per heavy atom. The van der Waals surface area contributed by atoms with Gasteiger partial charge in [0.2, 0.25) is 5.89 Å². The van der Waals surface area contributed by atoms with Crippen molar-refractivity contribution in [2.24, 2.45) is 4.99 Å². The first kappa shape index (κ1) is 20.3. The Balaban J connectivity index is 1.79. The molecule has 1 heterocycles. The van der Waals surface area contributed by atoms with Crippen LogP contribution >= 0.6 is 11.8 Å². The lowest BCUT2D eigenvalue weighted by Crippen LogP contribution is -2.38. The van der Waals surface area contributed by atoms with Gasteiger partial charge in [0.05, 0.1) is 5.69 Å². The zero-order chi connectivity index (χ0) is 18.6. The van der Waals surface area contributed by atoms with E-state index in [1.807, 2.05) is 11.8 Å². The van der Waals surface area contributed by atoms with E-state index < -0.39 is 0 Å². The van der Waals surface area contributed by atoms with Crippen LogP contribution in [0.3, 0.4) is 0 Å². The van der Waals surface area contributed by atoms with Gasteiger partial charge in [0.15, 0.2) is 5.96 Å². The summed E-state index contributed by atoms with van der Waals surface area (Å²) in [5.41, 5.74) is 1.62. The molecule has 0 saturated carbocycles. The van der Waals surface area contributed by atoms with Gasteiger partial charge in [-0.1, -0.05) is 0 Å². The minimum atomic E-state index is -0.270. The summed E-state index contributed by atoms with van der Waals surface area (Å²) in [6.45, 7) is 4.42. The second-order valence-corrected chi connectivity index (χ2v) is 6.77. The van der Waals surface area contributed by atoms with Crippen LogP contribution in [0.2, 0.25) is 0 Å². The molecular formula is C19H27FN4OS. The van der Waals surface area contributed by atoms with E-state index in [-0.39, 0.29) is 5.82 Å². The van der Waals surface area contributed by atoms with Gasteiger partial charge in [-0.3, -0.25) is 4.99 Å². The molecule has 0 fully saturated rings. The molecule has 7 heteroatoms. The minimum absolute atomic E-state index is 0.270. The SMILES string of the molecule is CCNC(=NCCCCSC)NCCc1coc(-c2ccc(F)cc2)n1. The molecular weight excluding hydrogens is 351 g/mol. The van der Waals surface area contributed by atoms with Crippen LogP contribution in [-0.4, -0.2) is 42.6 Å². The summed E-state index contributed by atoms with van der Waals surface area (Å²) >= 11 is 1.87. The average Bonchev–Trinajstić information content (AvgIpc) is 3.11. The number of guanidine groups is 1. The zero-order valence-electron chi connectivity index (χ0n) is 15.4. The van der Waals surface area contributed by atoms with Crippen molar-refractivity contribution in [3.05, 3.63) is 42.0 Å². The van der Waals surface area contributed by atoms with Gasteiger partial charge in [0.1, 0.15) is 12.1 Å². The molecule has 26 heavy (non-hydrogen) atoms. The topological polar surface area (TPSA) is 62.5 Å². The highest BCUT2D eigenvalue weighted by Gasteiger charge is 2.07. The fourth-order valence-corrected chi connectivity index (χ4v) is 2.84. The maximum Gasteiger partial charge on any atom is 0.226 e. The van der Waals surface area contributed by atoms with Gasteiger partial charge in [0.25, 0.3) is 0 Å². The van der Waals surface area contributed by atoms with Crippen molar-refractivity contribution < 1.29 is 8.81 Å². The molecule has 0 bridgehead atoms. The van der Waals surface area contributed by atoms with Crippen LogP contribution in [0, 0.1) is 5.82 Å². The molecule has 0 saturated heterocycles. The zero-order valence-corrected chi connectivity index (χ0v) is 16.2. The van der Waals surface area contributed by atoms with Crippen molar-refractivity contribution in [3.8, 4) is 11.5 Å². The standard InChI is InChI=1S/C19H27FN4OS/c1-3-21-19(22-11-4-5-13-26-2)23-12-10-17-14-25-18(24-17)15-6-8-16(20)9-7-15/h6-9,14H,3-5,10-13H2,1-2H3,(H2,21,22,23). The summed E-state index contributed by atoms with van der Waals surface area (Å²) in [6, 6.07) is 6.13. The molecule has 2 aromatic rings. The molecule has 0 aliphatic rings. The molecule has 0 spiro atoms. The van der Waals surface area contributed by atoms with Gasteiger partial charge in [0, 0.05) is 31.6 Å². The van der Waals surface area contributed by atoms with Crippen molar-refractivity contribution in [1.29, 1.82) is 0 Å². The number of unbranched alkanes of at least 4 members (excludes halogenated alkanes) is 1. The van der Waals surface area contributed by atoms with Gasteiger partial charge in [-0.15, -0.1) is 0 Å². The van der Waals surface area contributed by atoms with E-state index in [1.54, 1.807) is 18.4 Å². The van der Waals surface area contributed by atoms with Crippen molar-refractivity contribution in [2.75, 3.05) is 31.6 Å². The Labute approximate surface area is 158 Å². The minimum Gasteiger partial charge on any atom is -0.444 e. The molecule has 0 atom stereocenters. The third-order valence-corrected chi connectivity index (χ3v) is 4.38. The molecule has 0 amide bonds. The highest BCUT2D eigenvalue weighted by atomic mass is 32.2. The first-order chi connectivity index (χ1) is 12.7. The van der Waals surface area contributed by atoms with Crippen LogP contribution in [0.1, 0.15) is 25.5 Å². The number of hydrogen-bond donors (Lipinski definition) is 2. The molecule has 2 rings (SSSR count). The molecule has 0 unspecified atom stereocenters. The summed E-state index contributed by atoms with van der Waals surface area (Å²) in [4.78, 5) is 9.04. The quantitative estimate of drug-likeness (QED) is 0.375. The number of aliphatic imine (C=N–C) groups is 1. The van der Waals surface area contributed by atoms with E-state index >= 15 is 0 Å². The highest BCUT2D eigenvalue weighted by Crippen LogP contribution is 2.18. The van der Waals surface area contributed by atoms with Crippen LogP contribution in [0.4, 0.5) is 4.39 Å². The predicted molar refractivity (Wildman–Crippen MR) is 107 cm³/mol. The molecule has 142 valence electrons. The van der Waals surface area contributed by atoms with Gasteiger partial charge in [-0.2, -0.15) is 11.8 Å². The summed E-state index contributed by atoms with van der Waals surface area (Å²) in [5.74, 6) is 2.25. The van der Waals surface area contributed by atoms with Crippen molar-refractivity contribution in [3.63, 3.8) is 0 Å². The fraction of sp³-hybridized carbons (Fsp3) is 0.474. The largest absolute Gasteiger partial charge is 0.444 e. The van der Waals surface area contributed by atoms with Gasteiger partial charge in [-0.25, -0.2) is 9.37 Å². The van der Waals surface area contributed by atoms with E-state index in [1.165, 1.54) is 24.3 Å². The normalized spacial score (nSPS) is 11.6. The molecule has 5 nitrogen and oxygen atoms in total. The number of nitrogens with zero attached hydrogens (tertiary/aromatic N) is 2. The van der Waals surface area contributed by atoms with Crippen LogP contribution in [-0.2, 0) is 6.42 Å². The third kappa shape index (κ3) is 7.07. The van der Waals surface area contributed by atoms with Gasteiger partial charge in [-0.05, 0) is 56.0 Å². The van der Waals surface area contributed by atoms with Crippen LogP contribution in [0.5, 0.6) is 0 Å². The molecule has 1 aromatic heterocycles. The van der Waals surface area contributed by atoms with E-state index in [0.717, 1.165) is 43.1 Å². The fourth-order valence-electron chi connectivity index (χ4n) is 2.35. The Morgan fingerprint density at radius 3 is 2.77 bits per heavy atom. The Morgan fingerprint density at radius 2 is 2.04 bits per heavy atom. The number of hydrogen-bond acceptors (Lipinski definition) is 4. The summed E-state index contributed by atoms with van der Waals surface area (Å²) in [7, 11) is 0. The predicted octanol–water partition coefficient (Wildman–Crippen LogP) is 3.72. The first-order valence-corrected chi connectivity index (χ1v) is 10.3. The van der Waals surface area contributed by atoms with Crippen molar-refractivity contribution >= 4 is 17.7 Å². The number of nitrogens with one attached hydrogen (secondary N) is 2. The number of rotatable bonds is 10. The lowest BCUT2D eigenvalue weighted by atomic mass is 10.2. The average molecular weight is 379 g/mol. The highest BCUT2D eigenvalue weighted by molar-refractivity contribution is 7.98. The smallest absolute Gasteiger partial charge is 0.226 e. The first-order valence-electron chi connectivity index (χ1n) is 8.94. The van der Waals surface area contributed by atoms with E-state index in [9.17, 15) is 4.39 Å². The van der Waals surface area contributed by atoms with Crippen molar-refractivity contribution in [2.45, 2.75) is 26.2 Å². The van der Waals surface area contributed by atoms with Crippen LogP contribution < -0.4 is 10.6 Å². The monoisotopic (exact) mass is 378 g/mol. The Bertz CT molecular complexity index is 672. The molecule has 0 aliphatic carbocycles. The molecule has 0 radical (unpaired) electrons. The Hall–Kier alpha value is -2.02. The Kier molecular flexibility index (Phi) is 9.03. The lowest BCUT2D eigenvalue weighted by molar-refractivity contribution is 0.571. The van der Waals surface area contributed by atoms with E-state index in [2.05, 4.69) is 33.8 Å². The van der Waals surface area contributed by atoms with Gasteiger partial charge < -0.3 is 15.1 Å². The number of benzene rings is 1. The summed E-state index contributed by atoms with van der Waals surface area (Å²) in [6.07, 6.45) is 6.78. The third-order valence-electron chi connectivity index (χ3n) is 3.69. The second kappa shape index (κ2) is 11.6. The van der Waals surface area contributed by atoms with E-state index in [0.29, 0.717) is 12.4 Å². The van der Waals surface area contributed by atoms with Crippen LogP contribution in [0.25, 0.3) is 11.5 Å².